The number of likely N-dealkylation sites (N-methyl/N-ethyl adjacent to an activating group) is 1. The predicted octanol–water partition coefficient (Wildman–Crippen LogP) is 1.10. The van der Waals surface area contributed by atoms with Crippen molar-refractivity contribution in [1.29, 1.82) is 0 Å². The molecule has 6 nitrogen and oxygen atoms in total. The number of aliphatic hydroxyl groups is 1. The van der Waals surface area contributed by atoms with Gasteiger partial charge in [0.05, 0.1) is 6.10 Å². The normalized spacial score (nSPS) is 22.3. The number of nitrogens with one attached hydrogen (secondary N) is 1. The maximum Gasteiger partial charge on any atom is 0.317 e. The lowest BCUT2D eigenvalue weighted by molar-refractivity contribution is 0.142. The van der Waals surface area contributed by atoms with Gasteiger partial charge in [-0.05, 0) is 24.1 Å². The van der Waals surface area contributed by atoms with E-state index in [1.54, 1.807) is 0 Å². The van der Waals surface area contributed by atoms with Crippen LogP contribution in [-0.2, 0) is 13.1 Å². The number of benzene rings is 1. The van der Waals surface area contributed by atoms with Crippen LogP contribution in [0.5, 0.6) is 0 Å². The van der Waals surface area contributed by atoms with Gasteiger partial charge in [0, 0.05) is 52.4 Å². The molecule has 1 atom stereocenters. The third kappa shape index (κ3) is 4.93. The number of piperazine rings is 1. The Morgan fingerprint density at radius 1 is 1.12 bits per heavy atom. The highest BCUT2D eigenvalue weighted by molar-refractivity contribution is 5.74. The van der Waals surface area contributed by atoms with E-state index in [1.165, 1.54) is 5.56 Å². The van der Waals surface area contributed by atoms with Gasteiger partial charge in [0.1, 0.15) is 0 Å². The third-order valence-electron chi connectivity index (χ3n) is 5.30. The number of amides is 2. The summed E-state index contributed by atoms with van der Waals surface area (Å²) >= 11 is 0. The number of likely N-dealkylation sites (tertiary alicyclic amines) is 1. The van der Waals surface area contributed by atoms with Crippen LogP contribution in [0.4, 0.5) is 4.79 Å². The molecule has 0 saturated carbocycles. The number of nitrogens with zero attached hydrogens (tertiary/aromatic N) is 3. The molecule has 2 aliphatic rings. The molecule has 2 saturated heterocycles. The zero-order valence-electron chi connectivity index (χ0n) is 15.2. The van der Waals surface area contributed by atoms with Crippen LogP contribution in [-0.4, -0.2) is 77.8 Å². The highest BCUT2D eigenvalue weighted by Gasteiger charge is 2.22. The van der Waals surface area contributed by atoms with Crippen molar-refractivity contribution in [2.24, 2.45) is 0 Å². The lowest BCUT2D eigenvalue weighted by atomic mass is 10.1. The molecule has 0 unspecified atom stereocenters. The van der Waals surface area contributed by atoms with Crippen molar-refractivity contribution in [3.8, 4) is 0 Å². The summed E-state index contributed by atoms with van der Waals surface area (Å²) in [5.74, 6) is 0. The summed E-state index contributed by atoms with van der Waals surface area (Å²) < 4.78 is 0. The van der Waals surface area contributed by atoms with Gasteiger partial charge in [-0.15, -0.1) is 0 Å². The first kappa shape index (κ1) is 18.2. The molecule has 0 spiro atoms. The third-order valence-corrected chi connectivity index (χ3v) is 5.30. The van der Waals surface area contributed by atoms with Crippen LogP contribution < -0.4 is 5.32 Å². The highest BCUT2D eigenvalue weighted by atomic mass is 16.3. The zero-order valence-corrected chi connectivity index (χ0v) is 15.2. The monoisotopic (exact) mass is 346 g/mol. The van der Waals surface area contributed by atoms with E-state index in [4.69, 9.17) is 0 Å². The summed E-state index contributed by atoms with van der Waals surface area (Å²) in [6, 6.07) is 8.28. The maximum atomic E-state index is 12.4. The fourth-order valence-corrected chi connectivity index (χ4v) is 3.63. The van der Waals surface area contributed by atoms with Crippen LogP contribution in [0.2, 0.25) is 0 Å². The van der Waals surface area contributed by atoms with E-state index >= 15 is 0 Å². The quantitative estimate of drug-likeness (QED) is 0.838. The molecule has 2 fully saturated rings. The highest BCUT2D eigenvalue weighted by Crippen LogP contribution is 2.16. The Morgan fingerprint density at radius 3 is 2.48 bits per heavy atom. The van der Waals surface area contributed by atoms with E-state index in [2.05, 4.69) is 34.2 Å². The van der Waals surface area contributed by atoms with E-state index in [0.717, 1.165) is 64.3 Å². The largest absolute Gasteiger partial charge is 0.392 e. The molecule has 25 heavy (non-hydrogen) atoms. The van der Waals surface area contributed by atoms with Gasteiger partial charge in [0.15, 0.2) is 0 Å². The van der Waals surface area contributed by atoms with E-state index in [-0.39, 0.29) is 12.1 Å². The van der Waals surface area contributed by atoms with Crippen LogP contribution in [0.25, 0.3) is 0 Å². The maximum absolute atomic E-state index is 12.4. The van der Waals surface area contributed by atoms with E-state index in [1.807, 2.05) is 17.0 Å². The number of hydrogen-bond donors (Lipinski definition) is 2. The Kier molecular flexibility index (Phi) is 6.29. The number of β-amino-alcohol motifs (C(OH)–C–C–N with tert-alkyl or cyclic N) is 1. The van der Waals surface area contributed by atoms with Gasteiger partial charge in [0.25, 0.3) is 0 Å². The minimum atomic E-state index is -0.200. The smallest absolute Gasteiger partial charge is 0.317 e. The molecule has 2 heterocycles. The number of urea groups is 1. The number of hydrogen-bond acceptors (Lipinski definition) is 4. The standard InChI is InChI=1S/C19H30N4O2/c1-2-21-9-11-23(12-10-21)19(25)20-13-16-5-3-4-6-17(16)14-22-8-7-18(24)15-22/h3-6,18,24H,2,7-15H2,1H3,(H,20,25)/t18-/m0/s1. The average Bonchev–Trinajstić information content (AvgIpc) is 3.05. The molecule has 0 bridgehead atoms. The first-order valence-electron chi connectivity index (χ1n) is 9.38. The van der Waals surface area contributed by atoms with Crippen LogP contribution in [0.15, 0.2) is 24.3 Å². The summed E-state index contributed by atoms with van der Waals surface area (Å²) in [5.41, 5.74) is 2.39. The lowest BCUT2D eigenvalue weighted by Gasteiger charge is -2.34. The molecule has 0 aromatic heterocycles. The van der Waals surface area contributed by atoms with Crippen LogP contribution >= 0.6 is 0 Å². The van der Waals surface area contributed by atoms with Crippen LogP contribution in [0.3, 0.4) is 0 Å². The summed E-state index contributed by atoms with van der Waals surface area (Å²) in [4.78, 5) is 19.0. The topological polar surface area (TPSA) is 59.0 Å². The Labute approximate surface area is 150 Å². The summed E-state index contributed by atoms with van der Waals surface area (Å²) in [7, 11) is 0. The fraction of sp³-hybridized carbons (Fsp3) is 0.632. The van der Waals surface area contributed by atoms with Gasteiger partial charge in [-0.3, -0.25) is 4.90 Å². The average molecular weight is 346 g/mol. The number of aliphatic hydroxyl groups excluding tert-OH is 1. The van der Waals surface area contributed by atoms with Gasteiger partial charge >= 0.3 is 6.03 Å². The molecular formula is C19H30N4O2. The van der Waals surface area contributed by atoms with Gasteiger partial charge in [0.2, 0.25) is 0 Å². The molecular weight excluding hydrogens is 316 g/mol. The molecule has 138 valence electrons. The molecule has 0 radical (unpaired) electrons. The van der Waals surface area contributed by atoms with Gasteiger partial charge in [-0.2, -0.15) is 0 Å². The second-order valence-electron chi connectivity index (χ2n) is 7.03. The van der Waals surface area contributed by atoms with Crippen molar-refractivity contribution in [2.45, 2.75) is 32.5 Å². The summed E-state index contributed by atoms with van der Waals surface area (Å²) in [6.45, 7) is 9.78. The Balaban J connectivity index is 1.52. The van der Waals surface area contributed by atoms with Crippen molar-refractivity contribution in [3.05, 3.63) is 35.4 Å². The van der Waals surface area contributed by atoms with Gasteiger partial charge in [-0.1, -0.05) is 31.2 Å². The van der Waals surface area contributed by atoms with Gasteiger partial charge < -0.3 is 20.2 Å². The number of rotatable bonds is 5. The number of carbonyl (C=O) groups is 1. The Morgan fingerprint density at radius 2 is 1.84 bits per heavy atom. The lowest BCUT2D eigenvalue weighted by Crippen LogP contribution is -2.51. The molecule has 6 heteroatoms. The second-order valence-corrected chi connectivity index (χ2v) is 7.03. The van der Waals surface area contributed by atoms with Crippen molar-refractivity contribution < 1.29 is 9.90 Å². The molecule has 3 rings (SSSR count). The predicted molar refractivity (Wildman–Crippen MR) is 98.3 cm³/mol. The molecule has 0 aliphatic carbocycles. The molecule has 1 aromatic carbocycles. The van der Waals surface area contributed by atoms with Gasteiger partial charge in [-0.25, -0.2) is 4.79 Å². The minimum Gasteiger partial charge on any atom is -0.392 e. The first-order valence-corrected chi connectivity index (χ1v) is 9.38. The molecule has 2 N–H and O–H groups in total. The van der Waals surface area contributed by atoms with E-state index in [0.29, 0.717) is 6.54 Å². The minimum absolute atomic E-state index is 0.0298. The van der Waals surface area contributed by atoms with E-state index < -0.39 is 0 Å². The van der Waals surface area contributed by atoms with Crippen molar-refractivity contribution >= 4 is 6.03 Å². The molecule has 1 aromatic rings. The molecule has 2 aliphatic heterocycles. The zero-order chi connectivity index (χ0) is 17.6. The summed E-state index contributed by atoms with van der Waals surface area (Å²) in [5, 5.41) is 12.8. The Hall–Kier alpha value is -1.63. The van der Waals surface area contributed by atoms with Crippen LogP contribution in [0.1, 0.15) is 24.5 Å². The SMILES string of the molecule is CCN1CCN(C(=O)NCc2ccccc2CN2CC[C@H](O)C2)CC1. The second kappa shape index (κ2) is 8.65. The van der Waals surface area contributed by atoms with Crippen molar-refractivity contribution in [2.75, 3.05) is 45.8 Å². The molecule has 2 amide bonds. The Bertz CT molecular complexity index is 572. The first-order chi connectivity index (χ1) is 12.2. The van der Waals surface area contributed by atoms with Crippen molar-refractivity contribution in [3.63, 3.8) is 0 Å². The summed E-state index contributed by atoms with van der Waals surface area (Å²) in [6.07, 6.45) is 0.650. The van der Waals surface area contributed by atoms with Crippen LogP contribution in [0, 0.1) is 0 Å². The van der Waals surface area contributed by atoms with E-state index in [9.17, 15) is 9.90 Å². The fourth-order valence-electron chi connectivity index (χ4n) is 3.63. The number of carbonyl (C=O) groups excluding carboxylic acids is 1. The van der Waals surface area contributed by atoms with Crippen molar-refractivity contribution in [1.82, 2.24) is 20.0 Å².